The molecule has 2 amide bonds. The number of aliphatic imine (C=N–C) groups is 1. The summed E-state index contributed by atoms with van der Waals surface area (Å²) in [7, 11) is 0. The lowest BCUT2D eigenvalue weighted by Crippen LogP contribution is -2.42. The number of aryl methyl sites for hydroxylation is 1. The van der Waals surface area contributed by atoms with Crippen molar-refractivity contribution in [2.24, 2.45) is 16.6 Å². The average molecular weight is 348 g/mol. The Morgan fingerprint density at radius 1 is 1.48 bits per heavy atom. The van der Waals surface area contributed by atoms with E-state index in [0.717, 1.165) is 25.0 Å². The van der Waals surface area contributed by atoms with Crippen LogP contribution in [0.4, 0.5) is 0 Å². The Balaban J connectivity index is 1.99. The minimum Gasteiger partial charge on any atom is -0.361 e. The second-order valence-corrected chi connectivity index (χ2v) is 6.77. The Morgan fingerprint density at radius 2 is 2.24 bits per heavy atom. The lowest BCUT2D eigenvalue weighted by atomic mass is 9.82. The number of hydrogen-bond donors (Lipinski definition) is 2. The average Bonchev–Trinajstić information content (AvgIpc) is 3.04. The van der Waals surface area contributed by atoms with Gasteiger partial charge in [0.2, 0.25) is 5.91 Å². The Kier molecular flexibility index (Phi) is 6.87. The molecular weight excluding hydrogens is 320 g/mol. The van der Waals surface area contributed by atoms with Crippen molar-refractivity contribution >= 4 is 17.5 Å². The molecule has 1 fully saturated rings. The number of amides is 2. The topological polar surface area (TPSA) is 111 Å². The zero-order chi connectivity index (χ0) is 18.4. The molecule has 1 aliphatic rings. The fraction of sp³-hybridized carbons (Fsp3) is 0.667. The second kappa shape index (κ2) is 8.89. The van der Waals surface area contributed by atoms with Gasteiger partial charge in [0.25, 0.3) is 5.91 Å². The number of nitrogens with one attached hydrogen (secondary N) is 1. The number of nitrogens with two attached hydrogens (primary N) is 1. The molecule has 3 atom stereocenters. The van der Waals surface area contributed by atoms with Crippen LogP contribution in [0.1, 0.15) is 69.1 Å². The maximum absolute atomic E-state index is 12.3. The molecule has 0 saturated heterocycles. The quantitative estimate of drug-likeness (QED) is 0.819. The van der Waals surface area contributed by atoms with Gasteiger partial charge in [-0.15, -0.1) is 0 Å². The molecule has 2 rings (SSSR count). The summed E-state index contributed by atoms with van der Waals surface area (Å²) in [6.45, 7) is 5.83. The van der Waals surface area contributed by atoms with E-state index in [0.29, 0.717) is 25.0 Å². The molecule has 1 heterocycles. The first-order valence-corrected chi connectivity index (χ1v) is 9.05. The minimum atomic E-state index is -0.351. The standard InChI is InChI=1S/C18H28N4O3/c1-4-12-9-13(20-17(23)8-11(3)19)6-7-15(12)21-18(24)16-10-14(5-2)25-22-16/h10-13H,4-9,19H2,1-3H3,(H,20,23)/t11-,12+,13-/m0/s1. The van der Waals surface area contributed by atoms with Crippen LogP contribution in [0.3, 0.4) is 0 Å². The number of aromatic nitrogens is 1. The molecule has 1 aromatic heterocycles. The van der Waals surface area contributed by atoms with Crippen LogP contribution < -0.4 is 11.1 Å². The van der Waals surface area contributed by atoms with Crippen LogP contribution in [0.25, 0.3) is 0 Å². The molecule has 0 unspecified atom stereocenters. The summed E-state index contributed by atoms with van der Waals surface area (Å²) in [5.41, 5.74) is 6.82. The van der Waals surface area contributed by atoms with E-state index in [4.69, 9.17) is 10.3 Å². The Hall–Kier alpha value is -2.02. The predicted octanol–water partition coefficient (Wildman–Crippen LogP) is 2.25. The van der Waals surface area contributed by atoms with Crippen molar-refractivity contribution in [3.8, 4) is 0 Å². The third-order valence-electron chi connectivity index (χ3n) is 4.53. The van der Waals surface area contributed by atoms with Gasteiger partial charge in [-0.05, 0) is 38.5 Å². The Morgan fingerprint density at radius 3 is 2.84 bits per heavy atom. The first kappa shape index (κ1) is 19.3. The van der Waals surface area contributed by atoms with Gasteiger partial charge in [0.15, 0.2) is 5.69 Å². The number of hydrogen-bond acceptors (Lipinski definition) is 5. The molecule has 0 aliphatic heterocycles. The first-order valence-electron chi connectivity index (χ1n) is 9.05. The van der Waals surface area contributed by atoms with E-state index in [9.17, 15) is 9.59 Å². The zero-order valence-electron chi connectivity index (χ0n) is 15.2. The molecule has 3 N–H and O–H groups in total. The third kappa shape index (κ3) is 5.49. The highest BCUT2D eigenvalue weighted by atomic mass is 16.5. The smallest absolute Gasteiger partial charge is 0.299 e. The van der Waals surface area contributed by atoms with Gasteiger partial charge >= 0.3 is 0 Å². The summed E-state index contributed by atoms with van der Waals surface area (Å²) in [5.74, 6) is 0.504. The van der Waals surface area contributed by atoms with E-state index < -0.39 is 0 Å². The van der Waals surface area contributed by atoms with E-state index in [1.54, 1.807) is 6.07 Å². The maximum Gasteiger partial charge on any atom is 0.299 e. The fourth-order valence-corrected chi connectivity index (χ4v) is 3.15. The van der Waals surface area contributed by atoms with Gasteiger partial charge in [0, 0.05) is 36.7 Å². The molecular formula is C18H28N4O3. The SMILES string of the molecule is CCc1cc(C(=O)N=C2CC[C@H](NC(=O)C[C@H](C)N)C[C@H]2CC)no1. The fourth-order valence-electron chi connectivity index (χ4n) is 3.15. The Bertz CT molecular complexity index is 636. The summed E-state index contributed by atoms with van der Waals surface area (Å²) < 4.78 is 5.07. The van der Waals surface area contributed by atoms with Crippen molar-refractivity contribution in [2.45, 2.75) is 71.4 Å². The van der Waals surface area contributed by atoms with Crippen LogP contribution in [0, 0.1) is 5.92 Å². The number of carbonyl (C=O) groups is 2. The van der Waals surface area contributed by atoms with Crippen molar-refractivity contribution in [2.75, 3.05) is 0 Å². The van der Waals surface area contributed by atoms with Gasteiger partial charge in [-0.25, -0.2) is 4.99 Å². The van der Waals surface area contributed by atoms with Gasteiger partial charge in [-0.2, -0.15) is 0 Å². The van der Waals surface area contributed by atoms with Gasteiger partial charge < -0.3 is 15.6 Å². The van der Waals surface area contributed by atoms with E-state index in [1.165, 1.54) is 0 Å². The third-order valence-corrected chi connectivity index (χ3v) is 4.53. The highest BCUT2D eigenvalue weighted by Gasteiger charge is 2.28. The molecule has 25 heavy (non-hydrogen) atoms. The predicted molar refractivity (Wildman–Crippen MR) is 95.5 cm³/mol. The summed E-state index contributed by atoms with van der Waals surface area (Å²) >= 11 is 0. The summed E-state index contributed by atoms with van der Waals surface area (Å²) in [6, 6.07) is 1.62. The molecule has 0 bridgehead atoms. The lowest BCUT2D eigenvalue weighted by Gasteiger charge is -2.30. The van der Waals surface area contributed by atoms with Crippen LogP contribution in [0.2, 0.25) is 0 Å². The molecule has 0 spiro atoms. The summed E-state index contributed by atoms with van der Waals surface area (Å²) in [5, 5.41) is 6.83. The summed E-state index contributed by atoms with van der Waals surface area (Å²) in [4.78, 5) is 28.5. The minimum absolute atomic E-state index is 0.0130. The highest BCUT2D eigenvalue weighted by molar-refractivity contribution is 6.03. The number of carbonyl (C=O) groups excluding carboxylic acids is 2. The maximum atomic E-state index is 12.3. The number of rotatable bonds is 6. The number of nitrogens with zero attached hydrogens (tertiary/aromatic N) is 2. The molecule has 7 heteroatoms. The van der Waals surface area contributed by atoms with E-state index >= 15 is 0 Å². The van der Waals surface area contributed by atoms with Crippen LogP contribution in [0.5, 0.6) is 0 Å². The second-order valence-electron chi connectivity index (χ2n) is 6.77. The van der Waals surface area contributed by atoms with Crippen molar-refractivity contribution in [3.63, 3.8) is 0 Å². The molecule has 0 aromatic carbocycles. The monoisotopic (exact) mass is 348 g/mol. The van der Waals surface area contributed by atoms with E-state index in [1.807, 2.05) is 13.8 Å². The molecule has 1 aliphatic carbocycles. The van der Waals surface area contributed by atoms with Crippen molar-refractivity contribution < 1.29 is 14.1 Å². The van der Waals surface area contributed by atoms with Crippen molar-refractivity contribution in [1.29, 1.82) is 0 Å². The molecule has 138 valence electrons. The molecule has 1 saturated carbocycles. The van der Waals surface area contributed by atoms with Crippen LogP contribution in [0.15, 0.2) is 15.6 Å². The van der Waals surface area contributed by atoms with Crippen molar-refractivity contribution in [1.82, 2.24) is 10.5 Å². The van der Waals surface area contributed by atoms with Crippen LogP contribution >= 0.6 is 0 Å². The highest BCUT2D eigenvalue weighted by Crippen LogP contribution is 2.25. The Labute approximate surface area is 148 Å². The van der Waals surface area contributed by atoms with Gasteiger partial charge in [-0.3, -0.25) is 9.59 Å². The zero-order valence-corrected chi connectivity index (χ0v) is 15.2. The molecule has 1 aromatic rings. The van der Waals surface area contributed by atoms with Crippen molar-refractivity contribution in [3.05, 3.63) is 17.5 Å². The van der Waals surface area contributed by atoms with Gasteiger partial charge in [0.05, 0.1) is 0 Å². The van der Waals surface area contributed by atoms with Crippen LogP contribution in [-0.2, 0) is 11.2 Å². The van der Waals surface area contributed by atoms with Gasteiger partial charge in [0.1, 0.15) is 5.76 Å². The molecule has 0 radical (unpaired) electrons. The lowest BCUT2D eigenvalue weighted by molar-refractivity contribution is -0.122. The van der Waals surface area contributed by atoms with E-state index in [-0.39, 0.29) is 35.5 Å². The first-order chi connectivity index (χ1) is 11.9. The largest absolute Gasteiger partial charge is 0.361 e. The molecule has 7 nitrogen and oxygen atoms in total. The normalized spacial score (nSPS) is 23.4. The summed E-state index contributed by atoms with van der Waals surface area (Å²) in [6.07, 6.45) is 4.19. The van der Waals surface area contributed by atoms with E-state index in [2.05, 4.69) is 22.4 Å². The van der Waals surface area contributed by atoms with Crippen LogP contribution in [-0.4, -0.2) is 34.8 Å². The van der Waals surface area contributed by atoms with Gasteiger partial charge in [-0.1, -0.05) is 19.0 Å².